The Balaban J connectivity index is 0.00000114. The second-order valence-electron chi connectivity index (χ2n) is 6.71. The number of carboxylic acid groups (broad SMARTS) is 1. The van der Waals surface area contributed by atoms with Crippen LogP contribution in [0.1, 0.15) is 25.5 Å². The number of alkyl halides is 3. The molecule has 0 aliphatic carbocycles. The lowest BCUT2D eigenvalue weighted by Crippen LogP contribution is -2.37. The smallest absolute Gasteiger partial charge is 0.435 e. The summed E-state index contributed by atoms with van der Waals surface area (Å²) in [6.07, 6.45) is -3.19. The Kier molecular flexibility index (Phi) is 7.91. The highest BCUT2D eigenvalue weighted by Crippen LogP contribution is 2.38. The molecule has 0 saturated carbocycles. The van der Waals surface area contributed by atoms with E-state index in [9.17, 15) is 28.1 Å². The van der Waals surface area contributed by atoms with Gasteiger partial charge in [-0.3, -0.25) is 14.9 Å². The summed E-state index contributed by atoms with van der Waals surface area (Å²) >= 11 is 0. The Hall–Kier alpha value is -3.49. The molecule has 1 aliphatic rings. The summed E-state index contributed by atoms with van der Waals surface area (Å²) in [5.74, 6) is -2.53. The van der Waals surface area contributed by atoms with Crippen molar-refractivity contribution in [2.24, 2.45) is 18.7 Å². The molecule has 0 radical (unpaired) electrons. The first-order valence-electron chi connectivity index (χ1n) is 9.45. The van der Waals surface area contributed by atoms with Crippen molar-refractivity contribution in [1.29, 1.82) is 0 Å². The van der Waals surface area contributed by atoms with Crippen molar-refractivity contribution >= 4 is 17.5 Å². The van der Waals surface area contributed by atoms with Gasteiger partial charge < -0.3 is 20.5 Å². The van der Waals surface area contributed by atoms with E-state index in [1.165, 1.54) is 11.9 Å². The molecule has 3 heterocycles. The number of nitro groups is 1. The molecule has 2 aromatic rings. The van der Waals surface area contributed by atoms with E-state index in [-0.39, 0.29) is 31.7 Å². The first-order chi connectivity index (χ1) is 15.0. The van der Waals surface area contributed by atoms with Crippen LogP contribution in [0.15, 0.2) is 12.4 Å². The number of nitrogens with two attached hydrogens (primary N) is 1. The Morgan fingerprint density at radius 2 is 1.97 bits per heavy atom. The number of aryl methyl sites for hydroxylation is 1. The van der Waals surface area contributed by atoms with Gasteiger partial charge in [0.15, 0.2) is 5.69 Å². The molecule has 1 fully saturated rings. The van der Waals surface area contributed by atoms with Gasteiger partial charge in [-0.15, -0.1) is 0 Å². The van der Waals surface area contributed by atoms with Crippen molar-refractivity contribution in [2.75, 3.05) is 24.5 Å². The highest BCUT2D eigenvalue weighted by molar-refractivity contribution is 5.71. The fourth-order valence-corrected chi connectivity index (χ4v) is 2.94. The molecule has 1 saturated heterocycles. The quantitative estimate of drug-likeness (QED) is 0.498. The molecule has 32 heavy (non-hydrogen) atoms. The van der Waals surface area contributed by atoms with Crippen molar-refractivity contribution in [2.45, 2.75) is 25.9 Å². The van der Waals surface area contributed by atoms with Gasteiger partial charge in [0.1, 0.15) is 6.33 Å². The van der Waals surface area contributed by atoms with Crippen LogP contribution in [0.5, 0.6) is 11.8 Å². The minimum absolute atomic E-state index is 0.0953. The van der Waals surface area contributed by atoms with Crippen LogP contribution in [0.2, 0.25) is 0 Å². The fraction of sp³-hybridized carbons (Fsp3) is 0.529. The van der Waals surface area contributed by atoms with Gasteiger partial charge >= 0.3 is 23.7 Å². The van der Waals surface area contributed by atoms with E-state index in [4.69, 9.17) is 15.6 Å². The number of rotatable bonds is 5. The predicted molar refractivity (Wildman–Crippen MR) is 104 cm³/mol. The third-order valence-electron chi connectivity index (χ3n) is 4.42. The number of anilines is 1. The number of nitrogens with zero attached hydrogens (tertiary/aromatic N) is 6. The van der Waals surface area contributed by atoms with E-state index < -0.39 is 46.1 Å². The van der Waals surface area contributed by atoms with Gasteiger partial charge in [0.25, 0.3) is 0 Å². The van der Waals surface area contributed by atoms with Crippen LogP contribution < -0.4 is 15.4 Å². The topological polar surface area (TPSA) is 163 Å². The maximum atomic E-state index is 12.8. The van der Waals surface area contributed by atoms with Gasteiger partial charge in [-0.05, 0) is 19.4 Å². The number of piperidine rings is 1. The zero-order valence-corrected chi connectivity index (χ0v) is 17.2. The lowest BCUT2D eigenvalue weighted by Gasteiger charge is -2.30. The summed E-state index contributed by atoms with van der Waals surface area (Å²) in [5.41, 5.74) is 3.00. The normalized spacial score (nSPS) is 14.5. The van der Waals surface area contributed by atoms with Crippen molar-refractivity contribution < 1.29 is 32.7 Å². The molecular formula is C17H22F3N7O5. The highest BCUT2D eigenvalue weighted by Gasteiger charge is 2.36. The van der Waals surface area contributed by atoms with Crippen molar-refractivity contribution in [3.05, 3.63) is 28.2 Å². The molecule has 0 bridgehead atoms. The average Bonchev–Trinajstić information content (AvgIpc) is 3.09. The van der Waals surface area contributed by atoms with Crippen LogP contribution in [0, 0.1) is 16.0 Å². The zero-order valence-electron chi connectivity index (χ0n) is 17.2. The summed E-state index contributed by atoms with van der Waals surface area (Å²) < 4.78 is 44.5. The molecule has 2 aromatic heterocycles. The second kappa shape index (κ2) is 10.2. The van der Waals surface area contributed by atoms with Gasteiger partial charge in [0, 0.05) is 26.2 Å². The van der Waals surface area contributed by atoms with Gasteiger partial charge in [0.2, 0.25) is 11.7 Å². The number of carboxylic acids is 1. The predicted octanol–water partition coefficient (Wildman–Crippen LogP) is 2.20. The lowest BCUT2D eigenvalue weighted by atomic mass is 9.97. The zero-order chi connectivity index (χ0) is 24.1. The average molecular weight is 461 g/mol. The largest absolute Gasteiger partial charge is 0.481 e. The Labute approximate surface area is 180 Å². The summed E-state index contributed by atoms with van der Waals surface area (Å²) in [6, 6.07) is 0.601. The molecule has 0 atom stereocenters. The molecular weight excluding hydrogens is 439 g/mol. The molecule has 0 aromatic carbocycles. The molecule has 3 N–H and O–H groups in total. The number of halogens is 3. The van der Waals surface area contributed by atoms with E-state index in [1.54, 1.807) is 0 Å². The van der Waals surface area contributed by atoms with E-state index >= 15 is 0 Å². The van der Waals surface area contributed by atoms with E-state index in [2.05, 4.69) is 15.1 Å². The summed E-state index contributed by atoms with van der Waals surface area (Å²) in [6.45, 7) is 3.07. The molecule has 0 unspecified atom stereocenters. The number of ether oxygens (including phenoxy) is 1. The van der Waals surface area contributed by atoms with Gasteiger partial charge in [-0.2, -0.15) is 23.3 Å². The van der Waals surface area contributed by atoms with Crippen molar-refractivity contribution in [1.82, 2.24) is 19.7 Å². The van der Waals surface area contributed by atoms with Crippen LogP contribution in [0.25, 0.3) is 0 Å². The monoisotopic (exact) mass is 461 g/mol. The Bertz CT molecular complexity index is 958. The number of hydrogen-bond acceptors (Lipinski definition) is 9. The molecule has 12 nitrogen and oxygen atoms in total. The SMILES string of the molecule is CCN.Cn1nc(C(F)(F)F)cc1Oc1ncnc(N2CCC(C(=O)O)CC2)c1[N+](=O)[O-]. The van der Waals surface area contributed by atoms with E-state index in [0.29, 0.717) is 6.07 Å². The maximum absolute atomic E-state index is 12.8. The molecule has 1 aliphatic heterocycles. The number of aliphatic carboxylic acids is 1. The maximum Gasteiger partial charge on any atom is 0.435 e. The summed E-state index contributed by atoms with van der Waals surface area (Å²) in [5, 5.41) is 24.0. The number of aromatic nitrogens is 4. The lowest BCUT2D eigenvalue weighted by molar-refractivity contribution is -0.385. The molecule has 15 heteroatoms. The van der Waals surface area contributed by atoms with Gasteiger partial charge in [0.05, 0.1) is 10.8 Å². The first kappa shape index (κ1) is 24.8. The van der Waals surface area contributed by atoms with Gasteiger partial charge in [-0.25, -0.2) is 9.67 Å². The van der Waals surface area contributed by atoms with Crippen molar-refractivity contribution in [3.63, 3.8) is 0 Å². The molecule has 3 rings (SSSR count). The Morgan fingerprint density at radius 1 is 1.38 bits per heavy atom. The highest BCUT2D eigenvalue weighted by atomic mass is 19.4. The van der Waals surface area contributed by atoms with Crippen LogP contribution in [0.3, 0.4) is 0 Å². The second-order valence-corrected chi connectivity index (χ2v) is 6.71. The number of carbonyl (C=O) groups is 1. The van der Waals surface area contributed by atoms with Crippen molar-refractivity contribution in [3.8, 4) is 11.8 Å². The minimum Gasteiger partial charge on any atom is -0.481 e. The summed E-state index contributed by atoms with van der Waals surface area (Å²) in [4.78, 5) is 31.0. The standard InChI is InChI=1S/C15H15F3N6O5.C2H7N/c1-22-10(6-9(21-22)15(16,17)18)29-13-11(24(27)28)12(19-7-20-13)23-4-2-8(3-5-23)14(25)26;1-2-3/h6-8H,2-5H2,1H3,(H,25,26);2-3H2,1H3. The van der Waals surface area contributed by atoms with E-state index in [1.807, 2.05) is 6.92 Å². The minimum atomic E-state index is -4.71. The third-order valence-corrected chi connectivity index (χ3v) is 4.42. The van der Waals surface area contributed by atoms with Crippen LogP contribution >= 0.6 is 0 Å². The first-order valence-corrected chi connectivity index (χ1v) is 9.45. The summed E-state index contributed by atoms with van der Waals surface area (Å²) in [7, 11) is 1.19. The van der Waals surface area contributed by atoms with E-state index in [0.717, 1.165) is 17.6 Å². The molecule has 176 valence electrons. The molecule has 0 amide bonds. The molecule has 0 spiro atoms. The van der Waals surface area contributed by atoms with Crippen LogP contribution in [-0.4, -0.2) is 55.4 Å². The Morgan fingerprint density at radius 3 is 2.44 bits per heavy atom. The third kappa shape index (κ3) is 5.81. The number of hydrogen-bond donors (Lipinski definition) is 2. The fourth-order valence-electron chi connectivity index (χ4n) is 2.94. The van der Waals surface area contributed by atoms with Crippen LogP contribution in [-0.2, 0) is 18.0 Å². The van der Waals surface area contributed by atoms with Gasteiger partial charge in [-0.1, -0.05) is 6.92 Å². The van der Waals surface area contributed by atoms with Crippen LogP contribution in [0.4, 0.5) is 24.7 Å².